The molecule has 1 heterocycles. The number of ether oxygens (including phenoxy) is 3. The van der Waals surface area contributed by atoms with Crippen LogP contribution in [0.2, 0.25) is 10.0 Å². The third-order valence-electron chi connectivity index (χ3n) is 2.83. The first-order valence-electron chi connectivity index (χ1n) is 6.11. The zero-order valence-electron chi connectivity index (χ0n) is 11.4. The molecular weight excluding hydrogens is 337 g/mol. The summed E-state index contributed by atoms with van der Waals surface area (Å²) in [6, 6.07) is 2.62. The van der Waals surface area contributed by atoms with Crippen LogP contribution in [0.5, 0.6) is 5.75 Å². The molecule has 1 aliphatic rings. The molecule has 0 aliphatic carbocycles. The summed E-state index contributed by atoms with van der Waals surface area (Å²) in [5.41, 5.74) is 0.0626. The lowest BCUT2D eigenvalue weighted by atomic mass is 10.2. The highest BCUT2D eigenvalue weighted by molar-refractivity contribution is 6.37. The Morgan fingerprint density at radius 2 is 1.95 bits per heavy atom. The first-order chi connectivity index (χ1) is 10.4. The summed E-state index contributed by atoms with van der Waals surface area (Å²) in [6.45, 7) is -0.327. The van der Waals surface area contributed by atoms with E-state index in [-0.39, 0.29) is 34.5 Å². The van der Waals surface area contributed by atoms with Gasteiger partial charge in [0.2, 0.25) is 0 Å². The average Bonchev–Trinajstić information content (AvgIpc) is 2.90. The van der Waals surface area contributed by atoms with Crippen molar-refractivity contribution < 1.29 is 28.6 Å². The van der Waals surface area contributed by atoms with Gasteiger partial charge in [0.1, 0.15) is 6.61 Å². The molecule has 7 nitrogen and oxygen atoms in total. The largest absolute Gasteiger partial charge is 0.494 e. The van der Waals surface area contributed by atoms with Gasteiger partial charge in [0.15, 0.2) is 12.4 Å². The zero-order chi connectivity index (χ0) is 16.3. The van der Waals surface area contributed by atoms with Crippen molar-refractivity contribution in [2.75, 3.05) is 26.9 Å². The summed E-state index contributed by atoms with van der Waals surface area (Å²) >= 11 is 11.8. The molecule has 0 unspecified atom stereocenters. The van der Waals surface area contributed by atoms with Crippen LogP contribution in [0.4, 0.5) is 4.79 Å². The van der Waals surface area contributed by atoms with Crippen LogP contribution >= 0.6 is 23.2 Å². The summed E-state index contributed by atoms with van der Waals surface area (Å²) in [7, 11) is 1.39. The summed E-state index contributed by atoms with van der Waals surface area (Å²) < 4.78 is 14.4. The minimum atomic E-state index is -0.799. The molecule has 0 N–H and O–H groups in total. The molecule has 1 fully saturated rings. The maximum absolute atomic E-state index is 11.9. The van der Waals surface area contributed by atoms with Gasteiger partial charge in [-0.15, -0.1) is 0 Å². The van der Waals surface area contributed by atoms with Crippen molar-refractivity contribution in [3.8, 4) is 5.75 Å². The van der Waals surface area contributed by atoms with Crippen LogP contribution in [-0.4, -0.2) is 49.7 Å². The number of methoxy groups -OCH3 is 1. The zero-order valence-corrected chi connectivity index (χ0v) is 12.9. The van der Waals surface area contributed by atoms with Crippen LogP contribution in [0.15, 0.2) is 12.1 Å². The molecule has 118 valence electrons. The van der Waals surface area contributed by atoms with Gasteiger partial charge in [-0.05, 0) is 12.1 Å². The monoisotopic (exact) mass is 347 g/mol. The Balaban J connectivity index is 2.01. The van der Waals surface area contributed by atoms with Crippen LogP contribution in [0.25, 0.3) is 0 Å². The number of benzene rings is 1. The summed E-state index contributed by atoms with van der Waals surface area (Å²) in [5.74, 6) is -1.23. The van der Waals surface area contributed by atoms with E-state index in [4.69, 9.17) is 32.7 Å². The van der Waals surface area contributed by atoms with Gasteiger partial charge in [-0.25, -0.2) is 14.5 Å². The maximum atomic E-state index is 11.9. The van der Waals surface area contributed by atoms with E-state index in [9.17, 15) is 14.4 Å². The quantitative estimate of drug-likeness (QED) is 0.776. The minimum absolute atomic E-state index is 0.0626. The Morgan fingerprint density at radius 1 is 1.32 bits per heavy atom. The van der Waals surface area contributed by atoms with Gasteiger partial charge in [0.25, 0.3) is 5.91 Å². The van der Waals surface area contributed by atoms with Gasteiger partial charge in [-0.1, -0.05) is 23.2 Å². The normalized spacial score (nSPS) is 13.8. The smallest absolute Gasteiger partial charge is 0.416 e. The predicted octanol–water partition coefficient (Wildman–Crippen LogP) is 2.14. The van der Waals surface area contributed by atoms with Gasteiger partial charge in [-0.2, -0.15) is 0 Å². The van der Waals surface area contributed by atoms with Crippen molar-refractivity contribution in [3.63, 3.8) is 0 Å². The maximum Gasteiger partial charge on any atom is 0.416 e. The Kier molecular flexibility index (Phi) is 5.10. The first kappa shape index (κ1) is 16.4. The van der Waals surface area contributed by atoms with Crippen LogP contribution in [0.1, 0.15) is 10.4 Å². The van der Waals surface area contributed by atoms with Crippen molar-refractivity contribution in [2.45, 2.75) is 0 Å². The predicted molar refractivity (Wildman–Crippen MR) is 76.4 cm³/mol. The molecule has 2 rings (SSSR count). The number of rotatable bonds is 4. The first-order valence-corrected chi connectivity index (χ1v) is 6.87. The number of hydrogen-bond acceptors (Lipinski definition) is 6. The summed E-state index contributed by atoms with van der Waals surface area (Å²) in [6.07, 6.45) is -0.753. The van der Waals surface area contributed by atoms with Crippen molar-refractivity contribution in [2.24, 2.45) is 0 Å². The lowest BCUT2D eigenvalue weighted by Gasteiger charge is -2.11. The van der Waals surface area contributed by atoms with Crippen molar-refractivity contribution in [1.29, 1.82) is 0 Å². The average molecular weight is 348 g/mol. The molecule has 1 aromatic carbocycles. The number of cyclic esters (lactones) is 1. The van der Waals surface area contributed by atoms with Gasteiger partial charge < -0.3 is 14.2 Å². The highest BCUT2D eigenvalue weighted by Gasteiger charge is 2.29. The third kappa shape index (κ3) is 3.42. The second-order valence-electron chi connectivity index (χ2n) is 4.21. The Morgan fingerprint density at radius 3 is 2.45 bits per heavy atom. The fourth-order valence-electron chi connectivity index (χ4n) is 1.78. The Hall–Kier alpha value is -1.99. The minimum Gasteiger partial charge on any atom is -0.494 e. The number of carbonyl (C=O) groups is 3. The number of carbonyl (C=O) groups excluding carboxylic acids is 3. The third-order valence-corrected chi connectivity index (χ3v) is 3.39. The molecule has 0 saturated carbocycles. The SMILES string of the molecule is COc1c(Cl)cc(C(=O)OCC(=O)N2CCOC2=O)cc1Cl. The van der Waals surface area contributed by atoms with Gasteiger partial charge >= 0.3 is 12.1 Å². The van der Waals surface area contributed by atoms with E-state index < -0.39 is 24.6 Å². The Bertz CT molecular complexity index is 610. The second-order valence-corrected chi connectivity index (χ2v) is 5.02. The van der Waals surface area contributed by atoms with Gasteiger partial charge in [0, 0.05) is 0 Å². The van der Waals surface area contributed by atoms with E-state index >= 15 is 0 Å². The van der Waals surface area contributed by atoms with E-state index in [0.717, 1.165) is 4.90 Å². The fraction of sp³-hybridized carbons (Fsp3) is 0.308. The molecule has 0 spiro atoms. The molecule has 2 amide bonds. The van der Waals surface area contributed by atoms with E-state index in [0.29, 0.717) is 0 Å². The lowest BCUT2D eigenvalue weighted by Crippen LogP contribution is -2.35. The number of amides is 2. The van der Waals surface area contributed by atoms with Crippen LogP contribution in [-0.2, 0) is 14.3 Å². The molecule has 0 atom stereocenters. The fourth-order valence-corrected chi connectivity index (χ4v) is 2.42. The topological polar surface area (TPSA) is 82.1 Å². The summed E-state index contributed by atoms with van der Waals surface area (Å²) in [4.78, 5) is 35.6. The Labute approximate surface area is 135 Å². The number of nitrogens with zero attached hydrogens (tertiary/aromatic N) is 1. The molecule has 0 radical (unpaired) electrons. The standard InChI is InChI=1S/C13H11Cl2NO6/c1-20-11-8(14)4-7(5-9(11)15)12(18)22-6-10(17)16-2-3-21-13(16)19/h4-5H,2-3,6H2,1H3. The number of esters is 1. The second kappa shape index (κ2) is 6.85. The van der Waals surface area contributed by atoms with Gasteiger partial charge in [-0.3, -0.25) is 4.79 Å². The van der Waals surface area contributed by atoms with E-state index in [1.807, 2.05) is 0 Å². The van der Waals surface area contributed by atoms with Crippen LogP contribution < -0.4 is 4.74 Å². The molecule has 0 aromatic heterocycles. The molecular formula is C13H11Cl2NO6. The lowest BCUT2D eigenvalue weighted by molar-refractivity contribution is -0.131. The van der Waals surface area contributed by atoms with Crippen molar-refractivity contribution in [1.82, 2.24) is 4.90 Å². The number of imide groups is 1. The molecule has 22 heavy (non-hydrogen) atoms. The highest BCUT2D eigenvalue weighted by atomic mass is 35.5. The van der Waals surface area contributed by atoms with Crippen LogP contribution in [0.3, 0.4) is 0 Å². The number of halogens is 2. The molecule has 9 heteroatoms. The van der Waals surface area contributed by atoms with E-state index in [1.54, 1.807) is 0 Å². The van der Waals surface area contributed by atoms with E-state index in [1.165, 1.54) is 19.2 Å². The van der Waals surface area contributed by atoms with Crippen molar-refractivity contribution >= 4 is 41.2 Å². The van der Waals surface area contributed by atoms with Crippen molar-refractivity contribution in [3.05, 3.63) is 27.7 Å². The summed E-state index contributed by atoms with van der Waals surface area (Å²) in [5, 5.41) is 0.271. The molecule has 1 aromatic rings. The molecule has 1 saturated heterocycles. The van der Waals surface area contributed by atoms with E-state index in [2.05, 4.69) is 4.74 Å². The molecule has 1 aliphatic heterocycles. The molecule has 0 bridgehead atoms. The number of hydrogen-bond donors (Lipinski definition) is 0. The highest BCUT2D eigenvalue weighted by Crippen LogP contribution is 2.33. The van der Waals surface area contributed by atoms with Gasteiger partial charge in [0.05, 0.1) is 29.3 Å². The van der Waals surface area contributed by atoms with Crippen LogP contribution in [0, 0.1) is 0 Å².